The van der Waals surface area contributed by atoms with Crippen molar-refractivity contribution in [2.45, 2.75) is 20.4 Å². The lowest BCUT2D eigenvalue weighted by Crippen LogP contribution is -2.09. The number of ether oxygens (including phenoxy) is 1. The number of hydrogen-bond acceptors (Lipinski definition) is 2. The Morgan fingerprint density at radius 1 is 1.62 bits per heavy atom. The average Bonchev–Trinajstić information content (AvgIpc) is 2.45. The van der Waals surface area contributed by atoms with Gasteiger partial charge in [-0.25, -0.2) is 0 Å². The zero-order chi connectivity index (χ0) is 9.68. The number of halogens is 1. The van der Waals surface area contributed by atoms with Gasteiger partial charge in [0.2, 0.25) is 0 Å². The van der Waals surface area contributed by atoms with Gasteiger partial charge in [0.25, 0.3) is 0 Å². The molecule has 0 fully saturated rings. The topological polar surface area (TPSA) is 27.1 Å². The quantitative estimate of drug-likeness (QED) is 0.614. The molecule has 0 radical (unpaired) electrons. The highest BCUT2D eigenvalue weighted by Crippen LogP contribution is 2.01. The van der Waals surface area contributed by atoms with Crippen LogP contribution in [-0.4, -0.2) is 23.0 Å². The van der Waals surface area contributed by atoms with Crippen LogP contribution in [0.2, 0.25) is 0 Å². The predicted molar refractivity (Wildman–Crippen MR) is 60.6 cm³/mol. The first-order valence-corrected chi connectivity index (χ1v) is 5.52. The summed E-state index contributed by atoms with van der Waals surface area (Å²) in [5.41, 5.74) is 0. The molecule has 74 valence electrons. The predicted octanol–water partition coefficient (Wildman–Crippen LogP) is 2.16. The third-order valence-corrected chi connectivity index (χ3v) is 2.07. The van der Waals surface area contributed by atoms with E-state index in [2.05, 4.69) is 41.5 Å². The van der Waals surface area contributed by atoms with Crippen LogP contribution in [0.5, 0.6) is 0 Å². The van der Waals surface area contributed by atoms with E-state index in [1.165, 1.54) is 3.57 Å². The minimum absolute atomic E-state index is 0.609. The van der Waals surface area contributed by atoms with Gasteiger partial charge < -0.3 is 4.74 Å². The third kappa shape index (κ3) is 4.61. The van der Waals surface area contributed by atoms with E-state index in [-0.39, 0.29) is 0 Å². The van der Waals surface area contributed by atoms with Crippen LogP contribution in [0, 0.1) is 9.49 Å². The van der Waals surface area contributed by atoms with Gasteiger partial charge >= 0.3 is 0 Å². The molecule has 3 nitrogen and oxygen atoms in total. The molecule has 0 aliphatic carbocycles. The van der Waals surface area contributed by atoms with E-state index >= 15 is 0 Å². The van der Waals surface area contributed by atoms with Crippen molar-refractivity contribution in [2.24, 2.45) is 5.92 Å². The molecule has 0 atom stereocenters. The molecule has 0 unspecified atom stereocenters. The summed E-state index contributed by atoms with van der Waals surface area (Å²) in [5.74, 6) is 0.609. The number of nitrogens with zero attached hydrogens (tertiary/aromatic N) is 2. The summed E-state index contributed by atoms with van der Waals surface area (Å²) in [5, 5.41) is 4.16. The van der Waals surface area contributed by atoms with Crippen molar-refractivity contribution < 1.29 is 4.74 Å². The zero-order valence-electron chi connectivity index (χ0n) is 8.03. The van der Waals surface area contributed by atoms with Gasteiger partial charge in [-0.3, -0.25) is 4.68 Å². The Labute approximate surface area is 92.6 Å². The lowest BCUT2D eigenvalue weighted by Gasteiger charge is -2.06. The smallest absolute Gasteiger partial charge is 0.0662 e. The lowest BCUT2D eigenvalue weighted by molar-refractivity contribution is 0.101. The minimum atomic E-state index is 0.609. The van der Waals surface area contributed by atoms with Crippen LogP contribution in [-0.2, 0) is 11.3 Å². The van der Waals surface area contributed by atoms with Gasteiger partial charge in [0.1, 0.15) is 0 Å². The Balaban J connectivity index is 2.13. The molecule has 1 aromatic rings. The summed E-state index contributed by atoms with van der Waals surface area (Å²) < 4.78 is 8.52. The van der Waals surface area contributed by atoms with Gasteiger partial charge in [0.05, 0.1) is 22.9 Å². The van der Waals surface area contributed by atoms with E-state index in [4.69, 9.17) is 4.74 Å². The number of hydrogen-bond donors (Lipinski definition) is 0. The maximum Gasteiger partial charge on any atom is 0.0662 e. The standard InChI is InChI=1S/C9H15IN2O/c1-8(2)7-13-4-3-12-6-9(10)5-11-12/h5-6,8H,3-4,7H2,1-2H3. The summed E-state index contributed by atoms with van der Waals surface area (Å²) in [7, 11) is 0. The van der Waals surface area contributed by atoms with Crippen LogP contribution >= 0.6 is 22.6 Å². The maximum atomic E-state index is 5.44. The largest absolute Gasteiger partial charge is 0.379 e. The molecule has 0 aliphatic rings. The molecule has 0 N–H and O–H groups in total. The van der Waals surface area contributed by atoms with E-state index in [1.807, 2.05) is 17.1 Å². The van der Waals surface area contributed by atoms with Crippen molar-refractivity contribution in [1.82, 2.24) is 9.78 Å². The molecule has 0 aliphatic heterocycles. The Kier molecular flexibility index (Phi) is 4.72. The van der Waals surface area contributed by atoms with Gasteiger partial charge in [-0.1, -0.05) is 13.8 Å². The second kappa shape index (κ2) is 5.59. The highest BCUT2D eigenvalue weighted by atomic mass is 127. The Morgan fingerprint density at radius 2 is 2.38 bits per heavy atom. The second-order valence-electron chi connectivity index (χ2n) is 3.39. The van der Waals surface area contributed by atoms with Crippen molar-refractivity contribution in [1.29, 1.82) is 0 Å². The fourth-order valence-electron chi connectivity index (χ4n) is 0.938. The molecule has 0 aromatic carbocycles. The molecule has 0 saturated heterocycles. The van der Waals surface area contributed by atoms with Crippen molar-refractivity contribution in [3.05, 3.63) is 16.0 Å². The van der Waals surface area contributed by atoms with Gasteiger partial charge in [0, 0.05) is 12.8 Å². The zero-order valence-corrected chi connectivity index (χ0v) is 10.2. The van der Waals surface area contributed by atoms with E-state index < -0.39 is 0 Å². The Morgan fingerprint density at radius 3 is 2.92 bits per heavy atom. The number of aromatic nitrogens is 2. The highest BCUT2D eigenvalue weighted by molar-refractivity contribution is 14.1. The van der Waals surface area contributed by atoms with Gasteiger partial charge in [-0.15, -0.1) is 0 Å². The van der Waals surface area contributed by atoms with Gasteiger partial charge in [0.15, 0.2) is 0 Å². The van der Waals surface area contributed by atoms with Crippen LogP contribution in [0.25, 0.3) is 0 Å². The molecule has 0 amide bonds. The first-order valence-electron chi connectivity index (χ1n) is 4.44. The van der Waals surface area contributed by atoms with E-state index in [9.17, 15) is 0 Å². The van der Waals surface area contributed by atoms with Crippen molar-refractivity contribution in [3.63, 3.8) is 0 Å². The van der Waals surface area contributed by atoms with Crippen molar-refractivity contribution in [2.75, 3.05) is 13.2 Å². The Bertz CT molecular complexity index is 248. The molecular formula is C9H15IN2O. The first kappa shape index (κ1) is 11.0. The fourth-order valence-corrected chi connectivity index (χ4v) is 1.38. The van der Waals surface area contributed by atoms with E-state index in [0.29, 0.717) is 5.92 Å². The summed E-state index contributed by atoms with van der Waals surface area (Å²) in [6.07, 6.45) is 3.86. The van der Waals surface area contributed by atoms with E-state index in [0.717, 1.165) is 19.8 Å². The molecule has 1 rings (SSSR count). The Hall–Kier alpha value is -0.100. The molecule has 13 heavy (non-hydrogen) atoms. The van der Waals surface area contributed by atoms with Gasteiger partial charge in [-0.2, -0.15) is 5.10 Å². The fraction of sp³-hybridized carbons (Fsp3) is 0.667. The SMILES string of the molecule is CC(C)COCCn1cc(I)cn1. The summed E-state index contributed by atoms with van der Waals surface area (Å²) in [6.45, 7) is 6.72. The maximum absolute atomic E-state index is 5.44. The molecule has 0 saturated carbocycles. The van der Waals surface area contributed by atoms with Crippen LogP contribution in [0.4, 0.5) is 0 Å². The monoisotopic (exact) mass is 294 g/mol. The van der Waals surface area contributed by atoms with Crippen molar-refractivity contribution in [3.8, 4) is 0 Å². The average molecular weight is 294 g/mol. The normalized spacial score (nSPS) is 11.1. The van der Waals surface area contributed by atoms with Crippen molar-refractivity contribution >= 4 is 22.6 Å². The molecule has 1 aromatic heterocycles. The minimum Gasteiger partial charge on any atom is -0.379 e. The van der Waals surface area contributed by atoms with Crippen LogP contribution in [0.3, 0.4) is 0 Å². The van der Waals surface area contributed by atoms with Crippen LogP contribution < -0.4 is 0 Å². The molecule has 4 heteroatoms. The second-order valence-corrected chi connectivity index (χ2v) is 4.64. The van der Waals surface area contributed by atoms with Crippen LogP contribution in [0.1, 0.15) is 13.8 Å². The summed E-state index contributed by atoms with van der Waals surface area (Å²) >= 11 is 2.25. The van der Waals surface area contributed by atoms with Crippen LogP contribution in [0.15, 0.2) is 12.4 Å². The molecule has 0 spiro atoms. The molecular weight excluding hydrogens is 279 g/mol. The lowest BCUT2D eigenvalue weighted by atomic mass is 10.2. The highest BCUT2D eigenvalue weighted by Gasteiger charge is 1.96. The van der Waals surface area contributed by atoms with Gasteiger partial charge in [-0.05, 0) is 28.5 Å². The first-order chi connectivity index (χ1) is 6.18. The summed E-state index contributed by atoms with van der Waals surface area (Å²) in [6, 6.07) is 0. The molecule has 1 heterocycles. The third-order valence-electron chi connectivity index (χ3n) is 1.52. The number of rotatable bonds is 5. The van der Waals surface area contributed by atoms with E-state index in [1.54, 1.807) is 0 Å². The summed E-state index contributed by atoms with van der Waals surface area (Å²) in [4.78, 5) is 0. The molecule has 0 bridgehead atoms.